The number of nitrogens with zero attached hydrogens (tertiary/aromatic N) is 1. The largest absolute Gasteiger partial charge is 0.415 e. The van der Waals surface area contributed by atoms with Crippen molar-refractivity contribution in [2.24, 2.45) is 5.41 Å². The molecule has 1 fully saturated rings. The summed E-state index contributed by atoms with van der Waals surface area (Å²) in [5, 5.41) is 3.03. The molecule has 30 heavy (non-hydrogen) atoms. The van der Waals surface area contributed by atoms with E-state index in [0.29, 0.717) is 17.9 Å². The molecule has 1 N–H and O–H groups in total. The van der Waals surface area contributed by atoms with Gasteiger partial charge in [0.2, 0.25) is 0 Å². The molecule has 0 spiro atoms. The van der Waals surface area contributed by atoms with Gasteiger partial charge in [0.25, 0.3) is 0 Å². The first kappa shape index (κ1) is 21.7. The van der Waals surface area contributed by atoms with Gasteiger partial charge in [-0.05, 0) is 55.9 Å². The lowest BCUT2D eigenvalue weighted by atomic mass is 9.66. The minimum Gasteiger partial charge on any atom is -0.410 e. The minimum absolute atomic E-state index is 0.0705. The summed E-state index contributed by atoms with van der Waals surface area (Å²) in [5.74, 6) is 1.01. The van der Waals surface area contributed by atoms with Crippen LogP contribution in [-0.2, 0) is 0 Å². The fraction of sp³-hybridized carbons (Fsp3) is 0.417. The standard InChI is InChI=1S/C24H30N2O4/c1-23(2)15-18(26(4)22(28)30-20-13-9-6-10-14-20)16-24(3,17-23)25-21(27)29-19-11-7-5-8-12-19/h5-14,18H,15-17H2,1-4H3,(H,25,27). The molecule has 6 heteroatoms. The zero-order valence-corrected chi connectivity index (χ0v) is 18.1. The summed E-state index contributed by atoms with van der Waals surface area (Å²) in [6.07, 6.45) is 1.31. The van der Waals surface area contributed by atoms with Crippen LogP contribution in [0.25, 0.3) is 0 Å². The molecular weight excluding hydrogens is 380 g/mol. The van der Waals surface area contributed by atoms with E-state index in [1.54, 1.807) is 36.2 Å². The Balaban J connectivity index is 1.67. The molecule has 0 radical (unpaired) electrons. The van der Waals surface area contributed by atoms with E-state index in [4.69, 9.17) is 9.47 Å². The summed E-state index contributed by atoms with van der Waals surface area (Å²) in [7, 11) is 1.75. The van der Waals surface area contributed by atoms with Gasteiger partial charge in [-0.15, -0.1) is 0 Å². The fourth-order valence-corrected chi connectivity index (χ4v) is 4.48. The summed E-state index contributed by atoms with van der Waals surface area (Å²) in [6, 6.07) is 17.9. The molecule has 1 saturated carbocycles. The van der Waals surface area contributed by atoms with Crippen LogP contribution in [0.2, 0.25) is 0 Å². The third-order valence-electron chi connectivity index (χ3n) is 5.48. The Morgan fingerprint density at radius 1 is 0.900 bits per heavy atom. The van der Waals surface area contributed by atoms with E-state index in [1.165, 1.54) is 0 Å². The summed E-state index contributed by atoms with van der Waals surface area (Å²) in [5.41, 5.74) is -0.585. The SMILES string of the molecule is CN(C(=O)Oc1ccccc1)C1CC(C)(C)CC(C)(NC(=O)Oc2ccccc2)C1. The van der Waals surface area contributed by atoms with Gasteiger partial charge in [-0.2, -0.15) is 0 Å². The fourth-order valence-electron chi connectivity index (χ4n) is 4.48. The lowest BCUT2D eigenvalue weighted by Crippen LogP contribution is -2.58. The Hall–Kier alpha value is -3.02. The lowest BCUT2D eigenvalue weighted by molar-refractivity contribution is 0.0538. The van der Waals surface area contributed by atoms with Gasteiger partial charge in [-0.25, -0.2) is 9.59 Å². The van der Waals surface area contributed by atoms with Crippen LogP contribution in [0.4, 0.5) is 9.59 Å². The van der Waals surface area contributed by atoms with Crippen molar-refractivity contribution >= 4 is 12.2 Å². The molecule has 3 rings (SSSR count). The van der Waals surface area contributed by atoms with Crippen LogP contribution in [0.1, 0.15) is 40.0 Å². The summed E-state index contributed by atoms with van der Waals surface area (Å²) in [6.45, 7) is 6.31. The number of benzene rings is 2. The second kappa shape index (κ2) is 8.78. The van der Waals surface area contributed by atoms with Crippen LogP contribution in [0, 0.1) is 5.41 Å². The smallest absolute Gasteiger partial charge is 0.410 e. The molecular formula is C24H30N2O4. The Morgan fingerprint density at radius 3 is 2.00 bits per heavy atom. The summed E-state index contributed by atoms with van der Waals surface area (Å²) < 4.78 is 10.9. The van der Waals surface area contributed by atoms with Crippen LogP contribution >= 0.6 is 0 Å². The number of rotatable bonds is 4. The maximum absolute atomic E-state index is 12.7. The zero-order valence-electron chi connectivity index (χ0n) is 18.1. The van der Waals surface area contributed by atoms with E-state index in [0.717, 1.165) is 12.8 Å². The van der Waals surface area contributed by atoms with Gasteiger partial charge in [-0.3, -0.25) is 0 Å². The van der Waals surface area contributed by atoms with Gasteiger partial charge in [0, 0.05) is 18.6 Å². The second-order valence-corrected chi connectivity index (χ2v) is 9.08. The number of para-hydroxylation sites is 2. The van der Waals surface area contributed by atoms with Gasteiger partial charge in [0.05, 0.1) is 0 Å². The maximum Gasteiger partial charge on any atom is 0.415 e. The maximum atomic E-state index is 12.7. The number of hydrogen-bond donors (Lipinski definition) is 1. The molecule has 2 aromatic carbocycles. The Bertz CT molecular complexity index is 869. The second-order valence-electron chi connectivity index (χ2n) is 9.08. The highest BCUT2D eigenvalue weighted by Crippen LogP contribution is 2.42. The van der Waals surface area contributed by atoms with Crippen LogP contribution in [0.5, 0.6) is 11.5 Å². The average molecular weight is 411 g/mol. The van der Waals surface area contributed by atoms with Crippen molar-refractivity contribution < 1.29 is 19.1 Å². The van der Waals surface area contributed by atoms with Crippen molar-refractivity contribution in [1.29, 1.82) is 0 Å². The molecule has 2 unspecified atom stereocenters. The molecule has 0 saturated heterocycles. The zero-order chi connectivity index (χ0) is 21.8. The molecule has 0 bridgehead atoms. The lowest BCUT2D eigenvalue weighted by Gasteiger charge is -2.48. The molecule has 0 aromatic heterocycles. The molecule has 0 heterocycles. The van der Waals surface area contributed by atoms with Crippen molar-refractivity contribution in [3.63, 3.8) is 0 Å². The molecule has 6 nitrogen and oxygen atoms in total. The predicted molar refractivity (Wildman–Crippen MR) is 116 cm³/mol. The highest BCUT2D eigenvalue weighted by Gasteiger charge is 2.44. The first-order chi connectivity index (χ1) is 14.2. The first-order valence-electron chi connectivity index (χ1n) is 10.2. The van der Waals surface area contributed by atoms with Crippen LogP contribution in [0.15, 0.2) is 60.7 Å². The Labute approximate surface area is 178 Å². The van der Waals surface area contributed by atoms with Gasteiger partial charge in [0.15, 0.2) is 0 Å². The van der Waals surface area contributed by atoms with E-state index in [-0.39, 0.29) is 11.5 Å². The van der Waals surface area contributed by atoms with Crippen molar-refractivity contribution in [2.45, 2.75) is 51.6 Å². The first-order valence-corrected chi connectivity index (χ1v) is 10.2. The molecule has 1 aliphatic rings. The van der Waals surface area contributed by atoms with Crippen molar-refractivity contribution in [2.75, 3.05) is 7.05 Å². The minimum atomic E-state index is -0.514. The quantitative estimate of drug-likeness (QED) is 0.748. The van der Waals surface area contributed by atoms with Gasteiger partial charge < -0.3 is 19.7 Å². The predicted octanol–water partition coefficient (Wildman–Crippen LogP) is 5.24. The normalized spacial score (nSPS) is 22.6. The molecule has 2 aromatic rings. The van der Waals surface area contributed by atoms with Gasteiger partial charge >= 0.3 is 12.2 Å². The van der Waals surface area contributed by atoms with E-state index in [9.17, 15) is 9.59 Å². The van der Waals surface area contributed by atoms with E-state index < -0.39 is 17.7 Å². The van der Waals surface area contributed by atoms with Gasteiger partial charge in [0.1, 0.15) is 11.5 Å². The highest BCUT2D eigenvalue weighted by atomic mass is 16.6. The highest BCUT2D eigenvalue weighted by molar-refractivity contribution is 5.72. The van der Waals surface area contributed by atoms with E-state index in [1.807, 2.05) is 43.3 Å². The number of hydrogen-bond acceptors (Lipinski definition) is 4. The molecule has 2 atom stereocenters. The molecule has 160 valence electrons. The molecule has 1 aliphatic carbocycles. The van der Waals surface area contributed by atoms with Crippen LogP contribution in [-0.4, -0.2) is 35.7 Å². The molecule has 2 amide bonds. The van der Waals surface area contributed by atoms with Crippen molar-refractivity contribution in [3.05, 3.63) is 60.7 Å². The number of amides is 2. The third-order valence-corrected chi connectivity index (χ3v) is 5.48. The van der Waals surface area contributed by atoms with Gasteiger partial charge in [-0.1, -0.05) is 50.2 Å². The number of carbonyl (C=O) groups excluding carboxylic acids is 2. The number of carbonyl (C=O) groups is 2. The van der Waals surface area contributed by atoms with Crippen molar-refractivity contribution in [3.8, 4) is 11.5 Å². The Morgan fingerprint density at radius 2 is 1.43 bits per heavy atom. The number of ether oxygens (including phenoxy) is 2. The van der Waals surface area contributed by atoms with Crippen LogP contribution < -0.4 is 14.8 Å². The summed E-state index contributed by atoms with van der Waals surface area (Å²) >= 11 is 0. The average Bonchev–Trinajstić information content (AvgIpc) is 2.66. The molecule has 0 aliphatic heterocycles. The van der Waals surface area contributed by atoms with E-state index in [2.05, 4.69) is 19.2 Å². The monoisotopic (exact) mass is 410 g/mol. The third kappa shape index (κ3) is 5.75. The topological polar surface area (TPSA) is 67.9 Å². The number of nitrogens with one attached hydrogen (secondary N) is 1. The van der Waals surface area contributed by atoms with Crippen LogP contribution in [0.3, 0.4) is 0 Å². The summed E-state index contributed by atoms with van der Waals surface area (Å²) in [4.78, 5) is 26.8. The van der Waals surface area contributed by atoms with Crippen molar-refractivity contribution in [1.82, 2.24) is 10.2 Å². The Kier molecular flexibility index (Phi) is 6.34. The van der Waals surface area contributed by atoms with E-state index >= 15 is 0 Å².